The number of nitrogens with zero attached hydrogens (tertiary/aromatic N) is 3. The van der Waals surface area contributed by atoms with Crippen LogP contribution < -0.4 is 20.9 Å². The molecule has 0 saturated carbocycles. The Balaban J connectivity index is 1.35. The van der Waals surface area contributed by atoms with E-state index < -0.39 is 10.7 Å². The van der Waals surface area contributed by atoms with Crippen molar-refractivity contribution in [2.45, 2.75) is 37.8 Å². The molecule has 2 aliphatic heterocycles. The number of anilines is 3. The maximum Gasteiger partial charge on any atom is 0.270 e. The fourth-order valence-corrected chi connectivity index (χ4v) is 6.52. The summed E-state index contributed by atoms with van der Waals surface area (Å²) in [5.41, 5.74) is 8.09. The van der Waals surface area contributed by atoms with Crippen molar-refractivity contribution in [1.82, 2.24) is 14.8 Å². The van der Waals surface area contributed by atoms with Crippen molar-refractivity contribution >= 4 is 45.1 Å². The van der Waals surface area contributed by atoms with Crippen molar-refractivity contribution in [1.29, 1.82) is 0 Å². The predicted molar refractivity (Wildman–Crippen MR) is 145 cm³/mol. The molecule has 0 amide bonds. The van der Waals surface area contributed by atoms with Gasteiger partial charge in [0.2, 0.25) is 5.78 Å². The van der Waals surface area contributed by atoms with Gasteiger partial charge < -0.3 is 21.5 Å². The average Bonchev–Trinajstić information content (AvgIpc) is 3.28. The fourth-order valence-electron chi connectivity index (χ4n) is 5.65. The van der Waals surface area contributed by atoms with Crippen molar-refractivity contribution in [2.24, 2.45) is 0 Å². The largest absolute Gasteiger partial charge is 0.387 e. The molecule has 37 heavy (non-hydrogen) atoms. The lowest BCUT2D eigenvalue weighted by atomic mass is 9.94. The van der Waals surface area contributed by atoms with Crippen molar-refractivity contribution < 1.29 is 14.8 Å². The first-order valence-corrected chi connectivity index (χ1v) is 13.4. The van der Waals surface area contributed by atoms with Gasteiger partial charge in [0.1, 0.15) is 29.0 Å². The number of aromatic nitrogens is 1. The molecule has 11 heteroatoms. The number of likely N-dealkylation sites (tertiary alicyclic amines) is 1. The summed E-state index contributed by atoms with van der Waals surface area (Å²) in [4.78, 5) is 28.0. The van der Waals surface area contributed by atoms with Crippen LogP contribution in [-0.4, -0.2) is 59.1 Å². The highest BCUT2D eigenvalue weighted by Gasteiger charge is 2.43. The molecule has 0 bridgehead atoms. The molecular formula is C26H31N6O4S+. The Morgan fingerprint density at radius 1 is 1.19 bits per heavy atom. The number of rotatable bonds is 7. The van der Waals surface area contributed by atoms with Crippen LogP contribution in [0.3, 0.4) is 0 Å². The zero-order valence-corrected chi connectivity index (χ0v) is 21.2. The standard InChI is InChI=1S/C26H30N6O4S/c27-25-24(23(34)17-3-1-4-19(15-17)31(35)36)37-26(30-25)29-18-6-8-20(9-7-18)32(14-2-5-22(33)16-32)21-10-12-28-13-11-21/h1,3-4,6-9,15,21-22,28,33H,2,5,10-14,16H2,(H2-,27,29,30,34)/p+1. The third kappa shape index (κ3) is 5.21. The SMILES string of the molecule is Nc1nc(Nc2ccc([N+]3(C4CCNCC4)CCCC(O)C3)cc2)sc1C(=O)c1cccc([N+](=O)[O-])c1. The number of ketones is 1. The topological polar surface area (TPSA) is 143 Å². The molecule has 2 aromatic carbocycles. The predicted octanol–water partition coefficient (Wildman–Crippen LogP) is 3.82. The van der Waals surface area contributed by atoms with E-state index in [2.05, 4.69) is 27.8 Å². The van der Waals surface area contributed by atoms with E-state index in [-0.39, 0.29) is 28.0 Å². The smallest absolute Gasteiger partial charge is 0.270 e. The zero-order chi connectivity index (χ0) is 26.0. The van der Waals surface area contributed by atoms with Crippen LogP contribution in [0.15, 0.2) is 48.5 Å². The summed E-state index contributed by atoms with van der Waals surface area (Å²) in [6.07, 6.45) is 3.75. The number of carbonyl (C=O) groups is 1. The van der Waals surface area contributed by atoms with Gasteiger partial charge in [0.05, 0.1) is 17.5 Å². The van der Waals surface area contributed by atoms with Gasteiger partial charge in [-0.2, -0.15) is 0 Å². The van der Waals surface area contributed by atoms with Crippen LogP contribution in [0.2, 0.25) is 0 Å². The normalized spacial score (nSPS) is 22.5. The number of non-ortho nitro benzene ring substituents is 1. The van der Waals surface area contributed by atoms with Crippen LogP contribution in [0, 0.1) is 10.1 Å². The van der Waals surface area contributed by atoms with E-state index in [0.717, 1.165) is 73.4 Å². The molecule has 0 radical (unpaired) electrons. The molecule has 2 unspecified atom stereocenters. The van der Waals surface area contributed by atoms with E-state index in [1.807, 2.05) is 12.1 Å². The van der Waals surface area contributed by atoms with Gasteiger partial charge in [-0.1, -0.05) is 23.5 Å². The molecule has 2 aliphatic rings. The zero-order valence-electron chi connectivity index (χ0n) is 20.4. The number of hydrogen-bond donors (Lipinski definition) is 4. The second-order valence-corrected chi connectivity index (χ2v) is 10.8. The first-order chi connectivity index (χ1) is 17.9. The van der Waals surface area contributed by atoms with Gasteiger partial charge in [-0.25, -0.2) is 4.98 Å². The van der Waals surface area contributed by atoms with E-state index in [9.17, 15) is 20.0 Å². The minimum absolute atomic E-state index is 0.0818. The number of aliphatic hydroxyl groups is 1. The van der Waals surface area contributed by atoms with Crippen molar-refractivity contribution in [3.05, 3.63) is 69.1 Å². The molecule has 10 nitrogen and oxygen atoms in total. The number of quaternary nitrogens is 1. The van der Waals surface area contributed by atoms with Crippen LogP contribution in [0.4, 0.5) is 28.0 Å². The monoisotopic (exact) mass is 523 g/mol. The number of nitro groups is 1. The summed E-state index contributed by atoms with van der Waals surface area (Å²) in [6, 6.07) is 14.3. The molecule has 5 rings (SSSR count). The minimum atomic E-state index is -0.536. The number of benzene rings is 2. The number of thiazole rings is 1. The molecule has 3 aromatic rings. The van der Waals surface area contributed by atoms with Gasteiger partial charge in [-0.15, -0.1) is 0 Å². The number of hydrogen-bond acceptors (Lipinski definition) is 9. The first kappa shape index (κ1) is 25.3. The molecule has 2 saturated heterocycles. The summed E-state index contributed by atoms with van der Waals surface area (Å²) < 4.78 is 0.815. The number of nitrogens with one attached hydrogen (secondary N) is 2. The molecule has 3 heterocycles. The molecule has 2 atom stereocenters. The summed E-state index contributed by atoms with van der Waals surface area (Å²) >= 11 is 1.12. The van der Waals surface area contributed by atoms with E-state index in [1.165, 1.54) is 30.0 Å². The average molecular weight is 524 g/mol. The number of carbonyl (C=O) groups excluding carboxylic acids is 1. The van der Waals surface area contributed by atoms with E-state index >= 15 is 0 Å². The number of nitro benzene ring substituents is 1. The Morgan fingerprint density at radius 3 is 2.65 bits per heavy atom. The summed E-state index contributed by atoms with van der Waals surface area (Å²) in [7, 11) is 0. The molecule has 194 valence electrons. The highest BCUT2D eigenvalue weighted by Crippen LogP contribution is 2.37. The van der Waals surface area contributed by atoms with E-state index in [0.29, 0.717) is 11.2 Å². The van der Waals surface area contributed by atoms with Gasteiger partial charge in [-0.3, -0.25) is 19.4 Å². The Bertz CT molecular complexity index is 1290. The maximum absolute atomic E-state index is 13.0. The summed E-state index contributed by atoms with van der Waals surface area (Å²) in [6.45, 7) is 3.77. The molecule has 5 N–H and O–H groups in total. The number of nitrogen functional groups attached to an aromatic ring is 1. The third-order valence-corrected chi connectivity index (χ3v) is 8.44. The van der Waals surface area contributed by atoms with Crippen LogP contribution in [0.1, 0.15) is 40.9 Å². The Kier molecular flexibility index (Phi) is 7.20. The van der Waals surface area contributed by atoms with Crippen LogP contribution in [0.5, 0.6) is 0 Å². The third-order valence-electron chi connectivity index (χ3n) is 7.45. The van der Waals surface area contributed by atoms with E-state index in [1.54, 1.807) is 0 Å². The highest BCUT2D eigenvalue weighted by atomic mass is 32.1. The quantitative estimate of drug-likeness (QED) is 0.158. The highest BCUT2D eigenvalue weighted by molar-refractivity contribution is 7.18. The van der Waals surface area contributed by atoms with Crippen LogP contribution in [-0.2, 0) is 0 Å². The fraction of sp³-hybridized carbons (Fsp3) is 0.385. The van der Waals surface area contributed by atoms with Gasteiger partial charge >= 0.3 is 0 Å². The first-order valence-electron chi connectivity index (χ1n) is 12.5. The lowest BCUT2D eigenvalue weighted by Crippen LogP contribution is -2.64. The Morgan fingerprint density at radius 2 is 1.95 bits per heavy atom. The van der Waals surface area contributed by atoms with Gasteiger partial charge in [0.15, 0.2) is 5.13 Å². The molecule has 0 aliphatic carbocycles. The molecule has 1 aromatic heterocycles. The molecule has 0 spiro atoms. The van der Waals surface area contributed by atoms with Crippen molar-refractivity contribution in [3.63, 3.8) is 0 Å². The Labute approximate surface area is 218 Å². The second kappa shape index (κ2) is 10.5. The number of piperidine rings is 2. The summed E-state index contributed by atoms with van der Waals surface area (Å²) in [5, 5.41) is 28.8. The maximum atomic E-state index is 13.0. The second-order valence-electron chi connectivity index (χ2n) is 9.76. The van der Waals surface area contributed by atoms with Crippen LogP contribution in [0.25, 0.3) is 0 Å². The van der Waals surface area contributed by atoms with E-state index in [4.69, 9.17) is 5.73 Å². The Hall–Kier alpha value is -3.38. The lowest BCUT2D eigenvalue weighted by molar-refractivity contribution is -0.384. The van der Waals surface area contributed by atoms with Crippen molar-refractivity contribution in [2.75, 3.05) is 37.2 Å². The van der Waals surface area contributed by atoms with Crippen molar-refractivity contribution in [3.8, 4) is 0 Å². The minimum Gasteiger partial charge on any atom is -0.387 e. The number of nitrogens with two attached hydrogens (primary N) is 1. The van der Waals surface area contributed by atoms with Crippen LogP contribution >= 0.6 is 11.3 Å². The van der Waals surface area contributed by atoms with Gasteiger partial charge in [-0.05, 0) is 25.0 Å². The lowest BCUT2D eigenvalue weighted by Gasteiger charge is -2.49. The number of aliphatic hydroxyl groups excluding tert-OH is 1. The van der Waals surface area contributed by atoms with Gasteiger partial charge in [0, 0.05) is 61.4 Å². The summed E-state index contributed by atoms with van der Waals surface area (Å²) in [5.74, 6) is -0.322. The molecule has 2 fully saturated rings. The molecular weight excluding hydrogens is 492 g/mol. The van der Waals surface area contributed by atoms with Gasteiger partial charge in [0.25, 0.3) is 5.69 Å².